The Labute approximate surface area is 110 Å². The average Bonchev–Trinajstić information content (AvgIpc) is 2.31. The number of thioether (sulfide) groups is 1. The zero-order valence-electron chi connectivity index (χ0n) is 8.39. The first-order chi connectivity index (χ1) is 7.75. The van der Waals surface area contributed by atoms with Crippen LogP contribution in [0.4, 0.5) is 0 Å². The maximum atomic E-state index is 5.83. The van der Waals surface area contributed by atoms with E-state index in [1.54, 1.807) is 11.8 Å². The summed E-state index contributed by atoms with van der Waals surface area (Å²) in [6.07, 6.45) is 0. The first kappa shape index (κ1) is 11.6. The zero-order chi connectivity index (χ0) is 11.4. The lowest BCUT2D eigenvalue weighted by Gasteiger charge is -2.03. The molecule has 0 aliphatic rings. The van der Waals surface area contributed by atoms with Crippen LogP contribution in [-0.4, -0.2) is 4.20 Å². The van der Waals surface area contributed by atoms with Gasteiger partial charge in [-0.15, -0.1) is 0 Å². The fourth-order valence-corrected chi connectivity index (χ4v) is 2.55. The molecule has 0 amide bonds. The summed E-state index contributed by atoms with van der Waals surface area (Å²) in [5.74, 6) is 0. The van der Waals surface area contributed by atoms with Crippen LogP contribution in [0.2, 0.25) is 5.02 Å². The Bertz CT molecular complexity index is 477. The molecule has 2 aromatic rings. The van der Waals surface area contributed by atoms with Crippen molar-refractivity contribution in [2.24, 2.45) is 0 Å². The van der Waals surface area contributed by atoms with Gasteiger partial charge in [-0.3, -0.25) is 0 Å². The maximum absolute atomic E-state index is 5.83. The van der Waals surface area contributed by atoms with Gasteiger partial charge in [0.1, 0.15) is 0 Å². The monoisotopic (exact) mass is 264 g/mol. The smallest absolute Gasteiger partial charge is 0.0825 e. The molecule has 0 bridgehead atoms. The Morgan fingerprint density at radius 3 is 2.19 bits per heavy atom. The van der Waals surface area contributed by atoms with E-state index in [0.29, 0.717) is 0 Å². The number of thiocarbonyl (C=S) groups is 1. The molecule has 0 spiro atoms. The molecule has 3 heteroatoms. The first-order valence-electron chi connectivity index (χ1n) is 4.78. The van der Waals surface area contributed by atoms with Gasteiger partial charge >= 0.3 is 0 Å². The van der Waals surface area contributed by atoms with Gasteiger partial charge in [0.25, 0.3) is 0 Å². The summed E-state index contributed by atoms with van der Waals surface area (Å²) in [6, 6.07) is 17.7. The molecule has 0 aliphatic heterocycles. The van der Waals surface area contributed by atoms with Gasteiger partial charge in [0.05, 0.1) is 4.20 Å². The topological polar surface area (TPSA) is 0 Å². The van der Waals surface area contributed by atoms with Crippen molar-refractivity contribution in [3.05, 3.63) is 65.2 Å². The van der Waals surface area contributed by atoms with Crippen LogP contribution in [-0.2, 0) is 0 Å². The van der Waals surface area contributed by atoms with E-state index in [1.165, 1.54) is 0 Å². The predicted octanol–water partition coefficient (Wildman–Crippen LogP) is 4.81. The number of benzene rings is 2. The van der Waals surface area contributed by atoms with Crippen LogP contribution in [0.5, 0.6) is 0 Å². The summed E-state index contributed by atoms with van der Waals surface area (Å²) < 4.78 is 0.864. The molecule has 0 unspecified atom stereocenters. The van der Waals surface area contributed by atoms with Crippen molar-refractivity contribution < 1.29 is 0 Å². The molecule has 0 saturated heterocycles. The lowest BCUT2D eigenvalue weighted by atomic mass is 10.2. The van der Waals surface area contributed by atoms with E-state index >= 15 is 0 Å². The number of hydrogen-bond acceptors (Lipinski definition) is 2. The number of halogens is 1. The van der Waals surface area contributed by atoms with E-state index in [0.717, 1.165) is 19.7 Å². The summed E-state index contributed by atoms with van der Waals surface area (Å²) in [5.41, 5.74) is 1.04. The molecule has 80 valence electrons. The molecule has 0 atom stereocenters. The zero-order valence-corrected chi connectivity index (χ0v) is 10.8. The molecule has 0 aromatic heterocycles. The molecule has 2 rings (SSSR count). The molecule has 0 heterocycles. The van der Waals surface area contributed by atoms with Crippen LogP contribution in [0.3, 0.4) is 0 Å². The molecular weight excluding hydrogens is 256 g/mol. The van der Waals surface area contributed by atoms with E-state index in [-0.39, 0.29) is 0 Å². The van der Waals surface area contributed by atoms with Gasteiger partial charge in [-0.25, -0.2) is 0 Å². The van der Waals surface area contributed by atoms with Crippen molar-refractivity contribution in [1.29, 1.82) is 0 Å². The van der Waals surface area contributed by atoms with Crippen LogP contribution in [0.1, 0.15) is 5.56 Å². The van der Waals surface area contributed by atoms with Crippen molar-refractivity contribution in [1.82, 2.24) is 0 Å². The highest BCUT2D eigenvalue weighted by Crippen LogP contribution is 2.24. The Morgan fingerprint density at radius 1 is 0.938 bits per heavy atom. The van der Waals surface area contributed by atoms with Gasteiger partial charge in [-0.2, -0.15) is 0 Å². The third kappa shape index (κ3) is 3.08. The quantitative estimate of drug-likeness (QED) is 0.564. The van der Waals surface area contributed by atoms with Crippen molar-refractivity contribution in [3.63, 3.8) is 0 Å². The molecule has 0 nitrogen and oxygen atoms in total. The molecular formula is C13H9ClS2. The molecule has 16 heavy (non-hydrogen) atoms. The second-order valence-corrected chi connectivity index (χ2v) is 5.40. The fraction of sp³-hybridized carbons (Fsp3) is 0. The van der Waals surface area contributed by atoms with Crippen molar-refractivity contribution >= 4 is 39.8 Å². The Hall–Kier alpha value is -0.830. The minimum atomic E-state index is 0.733. The van der Waals surface area contributed by atoms with Crippen LogP contribution >= 0.6 is 35.6 Å². The summed E-state index contributed by atoms with van der Waals surface area (Å²) >= 11 is 12.8. The highest BCUT2D eigenvalue weighted by molar-refractivity contribution is 8.23. The number of rotatable bonds is 2. The number of hydrogen-bond donors (Lipinski definition) is 0. The van der Waals surface area contributed by atoms with E-state index in [4.69, 9.17) is 23.8 Å². The Morgan fingerprint density at radius 2 is 1.56 bits per heavy atom. The third-order valence-electron chi connectivity index (χ3n) is 2.03. The van der Waals surface area contributed by atoms with Crippen molar-refractivity contribution in [2.45, 2.75) is 4.90 Å². The SMILES string of the molecule is S=C(Sc1ccccc1)c1ccc(Cl)cc1. The lowest BCUT2D eigenvalue weighted by Crippen LogP contribution is -1.90. The lowest BCUT2D eigenvalue weighted by molar-refractivity contribution is 1.48. The molecule has 0 saturated carbocycles. The highest BCUT2D eigenvalue weighted by atomic mass is 35.5. The van der Waals surface area contributed by atoms with E-state index in [1.807, 2.05) is 54.6 Å². The standard InChI is InChI=1S/C13H9ClS2/c14-11-8-6-10(7-9-11)13(15)16-12-4-2-1-3-5-12/h1-9H. The van der Waals surface area contributed by atoms with Crippen molar-refractivity contribution in [2.75, 3.05) is 0 Å². The fourth-order valence-electron chi connectivity index (χ4n) is 1.24. The van der Waals surface area contributed by atoms with Crippen molar-refractivity contribution in [3.8, 4) is 0 Å². The normalized spacial score (nSPS) is 10.1. The van der Waals surface area contributed by atoms with E-state index in [2.05, 4.69) is 0 Å². The average molecular weight is 265 g/mol. The van der Waals surface area contributed by atoms with Gasteiger partial charge < -0.3 is 0 Å². The Kier molecular flexibility index (Phi) is 3.99. The molecule has 2 aromatic carbocycles. The molecule has 0 radical (unpaired) electrons. The van der Waals surface area contributed by atoms with Crippen LogP contribution in [0.25, 0.3) is 0 Å². The minimum Gasteiger partial charge on any atom is -0.0843 e. The van der Waals surface area contributed by atoms with Gasteiger partial charge in [0.15, 0.2) is 0 Å². The van der Waals surface area contributed by atoms with Crippen LogP contribution < -0.4 is 0 Å². The van der Waals surface area contributed by atoms with Gasteiger partial charge in [-0.1, -0.05) is 65.9 Å². The van der Waals surface area contributed by atoms with E-state index in [9.17, 15) is 0 Å². The van der Waals surface area contributed by atoms with Crippen LogP contribution in [0, 0.1) is 0 Å². The van der Waals surface area contributed by atoms with Crippen LogP contribution in [0.15, 0.2) is 59.5 Å². The summed E-state index contributed by atoms with van der Waals surface area (Å²) in [7, 11) is 0. The predicted molar refractivity (Wildman–Crippen MR) is 75.5 cm³/mol. The minimum absolute atomic E-state index is 0.733. The molecule has 0 aliphatic carbocycles. The highest BCUT2D eigenvalue weighted by Gasteiger charge is 2.03. The second kappa shape index (κ2) is 5.48. The summed E-state index contributed by atoms with van der Waals surface area (Å²) in [4.78, 5) is 1.16. The Balaban J connectivity index is 2.12. The maximum Gasteiger partial charge on any atom is 0.0825 e. The van der Waals surface area contributed by atoms with E-state index < -0.39 is 0 Å². The van der Waals surface area contributed by atoms with Gasteiger partial charge in [-0.05, 0) is 29.8 Å². The largest absolute Gasteiger partial charge is 0.0843 e. The van der Waals surface area contributed by atoms with Gasteiger partial charge in [0, 0.05) is 9.92 Å². The molecule has 0 fully saturated rings. The third-order valence-corrected chi connectivity index (χ3v) is 3.70. The first-order valence-corrected chi connectivity index (χ1v) is 6.39. The summed E-state index contributed by atoms with van der Waals surface area (Å²) in [6.45, 7) is 0. The second-order valence-electron chi connectivity index (χ2n) is 3.21. The summed E-state index contributed by atoms with van der Waals surface area (Å²) in [5, 5.41) is 0.733. The molecule has 0 N–H and O–H groups in total. The van der Waals surface area contributed by atoms with Gasteiger partial charge in [0.2, 0.25) is 0 Å².